The molecule has 2 aliphatic rings. The zero-order valence-electron chi connectivity index (χ0n) is 16.0. The topological polar surface area (TPSA) is 66.1 Å². The summed E-state index contributed by atoms with van der Waals surface area (Å²) in [7, 11) is 5.46. The summed E-state index contributed by atoms with van der Waals surface area (Å²) in [5, 5.41) is 6.77. The van der Waals surface area contributed by atoms with Crippen LogP contribution in [0.2, 0.25) is 0 Å². The van der Waals surface area contributed by atoms with Gasteiger partial charge in [-0.15, -0.1) is 0 Å². The van der Waals surface area contributed by atoms with Gasteiger partial charge in [0.15, 0.2) is 6.23 Å². The maximum Gasteiger partial charge on any atom is 0.253 e. The maximum atomic E-state index is 12.7. The highest BCUT2D eigenvalue weighted by molar-refractivity contribution is 6.30. The summed E-state index contributed by atoms with van der Waals surface area (Å²) in [6.07, 6.45) is 3.03. The van der Waals surface area contributed by atoms with E-state index in [1.54, 1.807) is 24.3 Å². The number of halogens is 1. The fraction of sp³-hybridized carbons (Fsp3) is 0.421. The molecule has 8 heteroatoms. The summed E-state index contributed by atoms with van der Waals surface area (Å²) in [5.41, 5.74) is 3.48. The van der Waals surface area contributed by atoms with Gasteiger partial charge in [0, 0.05) is 39.0 Å². The summed E-state index contributed by atoms with van der Waals surface area (Å²) in [6.45, 7) is 3.51. The molecule has 146 valence electrons. The van der Waals surface area contributed by atoms with E-state index >= 15 is 0 Å². The van der Waals surface area contributed by atoms with Crippen molar-refractivity contribution >= 4 is 28.9 Å². The number of fused-ring (bicyclic) bond motifs is 1. The third-order valence-electron chi connectivity index (χ3n) is 4.60. The average Bonchev–Trinajstić information content (AvgIpc) is 3.03. The lowest BCUT2D eigenvalue weighted by Crippen LogP contribution is -2.35. The molecule has 1 atom stereocenters. The van der Waals surface area contributed by atoms with Gasteiger partial charge >= 0.3 is 0 Å². The molecule has 2 heterocycles. The van der Waals surface area contributed by atoms with Crippen molar-refractivity contribution < 1.29 is 14.3 Å². The van der Waals surface area contributed by atoms with E-state index in [1.807, 2.05) is 33.2 Å². The van der Waals surface area contributed by atoms with Gasteiger partial charge in [-0.25, -0.2) is 0 Å². The minimum atomic E-state index is -0.356. The molecule has 0 bridgehead atoms. The second-order valence-electron chi connectivity index (χ2n) is 6.44. The number of nitrogens with one attached hydrogen (secondary N) is 2. The highest BCUT2D eigenvalue weighted by Gasteiger charge is 2.25. The fourth-order valence-electron chi connectivity index (χ4n) is 3.33. The van der Waals surface area contributed by atoms with E-state index in [1.165, 1.54) is 0 Å². The molecule has 3 rings (SSSR count). The zero-order valence-corrected chi connectivity index (χ0v) is 16.8. The molecule has 1 unspecified atom stereocenters. The predicted octanol–water partition coefficient (Wildman–Crippen LogP) is 2.45. The van der Waals surface area contributed by atoms with Crippen LogP contribution in [0.15, 0.2) is 35.0 Å². The van der Waals surface area contributed by atoms with E-state index in [0.717, 1.165) is 29.4 Å². The summed E-state index contributed by atoms with van der Waals surface area (Å²) >= 11 is 6.29. The molecule has 0 aliphatic carbocycles. The Balaban J connectivity index is 1.76. The van der Waals surface area contributed by atoms with Crippen molar-refractivity contribution in [3.63, 3.8) is 0 Å². The van der Waals surface area contributed by atoms with Crippen molar-refractivity contribution in [3.8, 4) is 5.75 Å². The summed E-state index contributed by atoms with van der Waals surface area (Å²) in [6, 6.07) is 3.89. The highest BCUT2D eigenvalue weighted by atomic mass is 35.5. The minimum Gasteiger partial charge on any atom is -0.496 e. The summed E-state index contributed by atoms with van der Waals surface area (Å²) < 4.78 is 11.1. The van der Waals surface area contributed by atoms with Crippen LogP contribution in [0.3, 0.4) is 0 Å². The van der Waals surface area contributed by atoms with E-state index in [2.05, 4.69) is 15.5 Å². The van der Waals surface area contributed by atoms with Crippen LogP contribution in [-0.2, 0) is 16.1 Å². The molecule has 1 amide bonds. The smallest absolute Gasteiger partial charge is 0.253 e. The second-order valence-corrected chi connectivity index (χ2v) is 6.88. The van der Waals surface area contributed by atoms with Crippen molar-refractivity contribution in [2.45, 2.75) is 19.7 Å². The average molecular weight is 393 g/mol. The van der Waals surface area contributed by atoms with E-state index in [9.17, 15) is 4.79 Å². The van der Waals surface area contributed by atoms with E-state index < -0.39 is 0 Å². The Labute approximate surface area is 164 Å². The van der Waals surface area contributed by atoms with Crippen molar-refractivity contribution in [2.75, 3.05) is 44.7 Å². The Hall–Kier alpha value is -2.38. The standard InChI is InChI=1S/C19H25ClN4O3/c1-5-27-19-14(20)8-12(10-23(19)2)18(25)21-9-13-16(26-4)7-6-15-17(13)24(3)11-22-15/h6-8,10,19,22H,5,9,11H2,1-4H3,(H,21,25). The van der Waals surface area contributed by atoms with Crippen LogP contribution in [0.25, 0.3) is 0 Å². The number of benzene rings is 1. The maximum absolute atomic E-state index is 12.7. The molecule has 0 spiro atoms. The molecule has 27 heavy (non-hydrogen) atoms. The number of likely N-dealkylation sites (N-methyl/N-ethyl adjacent to an activating group) is 1. The van der Waals surface area contributed by atoms with Gasteiger partial charge in [0.2, 0.25) is 0 Å². The quantitative estimate of drug-likeness (QED) is 0.775. The van der Waals surface area contributed by atoms with Gasteiger partial charge in [-0.3, -0.25) is 4.79 Å². The molecule has 7 nitrogen and oxygen atoms in total. The molecule has 0 aromatic heterocycles. The third-order valence-corrected chi connectivity index (χ3v) is 4.90. The van der Waals surface area contributed by atoms with Crippen LogP contribution in [0.4, 0.5) is 11.4 Å². The monoisotopic (exact) mass is 392 g/mol. The molecule has 1 aromatic rings. The summed E-state index contributed by atoms with van der Waals surface area (Å²) in [5.74, 6) is 0.535. The lowest BCUT2D eigenvalue weighted by Gasteiger charge is -2.30. The molecule has 1 aromatic carbocycles. The van der Waals surface area contributed by atoms with Gasteiger partial charge in [-0.2, -0.15) is 0 Å². The van der Waals surface area contributed by atoms with Crippen LogP contribution in [0, 0.1) is 0 Å². The Morgan fingerprint density at radius 2 is 2.19 bits per heavy atom. The lowest BCUT2D eigenvalue weighted by molar-refractivity contribution is -0.117. The van der Waals surface area contributed by atoms with E-state index in [-0.39, 0.29) is 12.1 Å². The van der Waals surface area contributed by atoms with Crippen LogP contribution < -0.4 is 20.3 Å². The number of hydrogen-bond acceptors (Lipinski definition) is 6. The van der Waals surface area contributed by atoms with Crippen molar-refractivity contribution in [3.05, 3.63) is 40.6 Å². The minimum absolute atomic E-state index is 0.205. The first-order chi connectivity index (χ1) is 13.0. The number of anilines is 2. The number of hydrogen-bond donors (Lipinski definition) is 2. The normalized spacial score (nSPS) is 18.5. The van der Waals surface area contributed by atoms with Crippen LogP contribution in [-0.4, -0.2) is 51.5 Å². The Bertz CT molecular complexity index is 793. The number of amides is 1. The van der Waals surface area contributed by atoms with Gasteiger partial charge in [-0.1, -0.05) is 11.6 Å². The Morgan fingerprint density at radius 1 is 1.41 bits per heavy atom. The number of carbonyl (C=O) groups excluding carboxylic acids is 1. The number of rotatable bonds is 6. The molecular weight excluding hydrogens is 368 g/mol. The van der Waals surface area contributed by atoms with Gasteiger partial charge in [0.05, 0.1) is 35.8 Å². The number of nitrogens with zero attached hydrogens (tertiary/aromatic N) is 2. The zero-order chi connectivity index (χ0) is 19.6. The molecule has 0 saturated carbocycles. The van der Waals surface area contributed by atoms with E-state index in [4.69, 9.17) is 21.1 Å². The van der Waals surface area contributed by atoms with Gasteiger partial charge in [0.25, 0.3) is 5.91 Å². The van der Waals surface area contributed by atoms with Gasteiger partial charge in [0.1, 0.15) is 5.75 Å². The van der Waals surface area contributed by atoms with Crippen molar-refractivity contribution in [1.82, 2.24) is 10.2 Å². The molecule has 0 fully saturated rings. The van der Waals surface area contributed by atoms with Crippen molar-refractivity contribution in [1.29, 1.82) is 0 Å². The largest absolute Gasteiger partial charge is 0.496 e. The van der Waals surface area contributed by atoms with Crippen LogP contribution in [0.5, 0.6) is 5.75 Å². The van der Waals surface area contributed by atoms with Crippen LogP contribution >= 0.6 is 11.6 Å². The number of carbonyl (C=O) groups is 1. The van der Waals surface area contributed by atoms with Gasteiger partial charge < -0.3 is 29.9 Å². The first kappa shape index (κ1) is 19.4. The number of ether oxygens (including phenoxy) is 2. The molecule has 2 N–H and O–H groups in total. The molecular formula is C19H25ClN4O3. The Kier molecular flexibility index (Phi) is 5.82. The second kappa shape index (κ2) is 8.10. The SMILES string of the molecule is CCOC1C(Cl)=CC(C(=O)NCc2c(OC)ccc3c2N(C)CN3)=CN1C. The van der Waals surface area contributed by atoms with Crippen molar-refractivity contribution in [2.24, 2.45) is 0 Å². The number of methoxy groups -OCH3 is 1. The molecule has 0 saturated heterocycles. The van der Waals surface area contributed by atoms with E-state index in [0.29, 0.717) is 23.8 Å². The van der Waals surface area contributed by atoms with Gasteiger partial charge in [-0.05, 0) is 25.1 Å². The Morgan fingerprint density at radius 3 is 2.85 bits per heavy atom. The third kappa shape index (κ3) is 3.84. The fourth-order valence-corrected chi connectivity index (χ4v) is 3.66. The van der Waals surface area contributed by atoms with Crippen LogP contribution in [0.1, 0.15) is 12.5 Å². The molecule has 0 radical (unpaired) electrons. The summed E-state index contributed by atoms with van der Waals surface area (Å²) in [4.78, 5) is 16.6. The first-order valence-electron chi connectivity index (χ1n) is 8.81. The highest BCUT2D eigenvalue weighted by Crippen LogP contribution is 2.39. The molecule has 2 aliphatic heterocycles. The lowest BCUT2D eigenvalue weighted by atomic mass is 10.1. The predicted molar refractivity (Wildman–Crippen MR) is 107 cm³/mol. The first-order valence-corrected chi connectivity index (χ1v) is 9.19.